The summed E-state index contributed by atoms with van der Waals surface area (Å²) < 4.78 is 28.1. The minimum Gasteiger partial charge on any atom is -0.452 e. The van der Waals surface area contributed by atoms with Crippen molar-refractivity contribution in [2.24, 2.45) is 5.92 Å². The van der Waals surface area contributed by atoms with Gasteiger partial charge in [-0.05, 0) is 30.9 Å². The van der Waals surface area contributed by atoms with Gasteiger partial charge in [-0.1, -0.05) is 6.92 Å². The summed E-state index contributed by atoms with van der Waals surface area (Å²) in [4.78, 5) is 35.5. The number of esters is 1. The molecular weight excluding hydrogens is 364 g/mol. The molecule has 2 rings (SSSR count). The Morgan fingerprint density at radius 3 is 2.65 bits per heavy atom. The van der Waals surface area contributed by atoms with E-state index in [2.05, 4.69) is 0 Å². The number of amides is 1. The predicted molar refractivity (Wildman–Crippen MR) is 91.5 cm³/mol. The second-order valence-corrected chi connectivity index (χ2v) is 8.36. The highest BCUT2D eigenvalue weighted by Crippen LogP contribution is 2.25. The Balaban J connectivity index is 2.09. The fourth-order valence-corrected chi connectivity index (χ4v) is 3.65. The summed E-state index contributed by atoms with van der Waals surface area (Å²) in [5, 5.41) is 11.1. The maximum Gasteiger partial charge on any atom is 0.338 e. The molecule has 9 nitrogen and oxygen atoms in total. The van der Waals surface area contributed by atoms with Crippen LogP contribution in [0.1, 0.15) is 30.1 Å². The lowest BCUT2D eigenvalue weighted by atomic mass is 10.0. The van der Waals surface area contributed by atoms with Gasteiger partial charge in [-0.15, -0.1) is 0 Å². The second kappa shape index (κ2) is 7.81. The average Bonchev–Trinajstić information content (AvgIpc) is 2.58. The third kappa shape index (κ3) is 4.78. The van der Waals surface area contributed by atoms with Crippen LogP contribution in [0.3, 0.4) is 0 Å². The number of hydrogen-bond donors (Lipinski definition) is 0. The van der Waals surface area contributed by atoms with Crippen molar-refractivity contribution in [2.45, 2.75) is 24.7 Å². The first-order valence-electron chi connectivity index (χ1n) is 8.03. The first-order chi connectivity index (χ1) is 12.1. The van der Waals surface area contributed by atoms with Gasteiger partial charge in [-0.25, -0.2) is 13.2 Å². The number of ether oxygens (including phenoxy) is 1. The lowest BCUT2D eigenvalue weighted by Crippen LogP contribution is -2.41. The van der Waals surface area contributed by atoms with E-state index >= 15 is 0 Å². The zero-order valence-corrected chi connectivity index (χ0v) is 15.3. The molecule has 1 atom stereocenters. The van der Waals surface area contributed by atoms with Gasteiger partial charge < -0.3 is 9.64 Å². The van der Waals surface area contributed by atoms with Gasteiger partial charge in [0.1, 0.15) is 4.90 Å². The fourth-order valence-electron chi connectivity index (χ4n) is 2.82. The van der Waals surface area contributed by atoms with Crippen LogP contribution < -0.4 is 0 Å². The van der Waals surface area contributed by atoms with Crippen LogP contribution >= 0.6 is 0 Å². The van der Waals surface area contributed by atoms with E-state index in [1.54, 1.807) is 4.90 Å². The normalized spacial score (nSPS) is 17.6. The number of nitro benzene ring substituents is 1. The van der Waals surface area contributed by atoms with Crippen LogP contribution in [0.15, 0.2) is 23.1 Å². The Morgan fingerprint density at radius 2 is 2.08 bits per heavy atom. The van der Waals surface area contributed by atoms with E-state index in [0.717, 1.165) is 37.3 Å². The molecule has 1 fully saturated rings. The molecular formula is C16H20N2O7S. The third-order valence-corrected chi connectivity index (χ3v) is 5.27. The van der Waals surface area contributed by atoms with Crippen molar-refractivity contribution in [1.29, 1.82) is 0 Å². The molecule has 1 aliphatic rings. The molecule has 142 valence electrons. The van der Waals surface area contributed by atoms with E-state index < -0.39 is 37.9 Å². The van der Waals surface area contributed by atoms with Gasteiger partial charge in [-0.3, -0.25) is 14.9 Å². The molecule has 1 saturated heterocycles. The van der Waals surface area contributed by atoms with Crippen molar-refractivity contribution in [3.05, 3.63) is 33.9 Å². The van der Waals surface area contributed by atoms with Crippen molar-refractivity contribution in [3.63, 3.8) is 0 Å². The van der Waals surface area contributed by atoms with Crippen molar-refractivity contribution in [1.82, 2.24) is 4.90 Å². The number of sulfone groups is 1. The summed E-state index contributed by atoms with van der Waals surface area (Å²) in [6.07, 6.45) is 2.77. The number of carbonyl (C=O) groups is 2. The number of rotatable bonds is 5. The van der Waals surface area contributed by atoms with Crippen LogP contribution in [0.2, 0.25) is 0 Å². The van der Waals surface area contributed by atoms with Gasteiger partial charge in [0.2, 0.25) is 0 Å². The molecule has 0 N–H and O–H groups in total. The summed E-state index contributed by atoms with van der Waals surface area (Å²) >= 11 is 0. The van der Waals surface area contributed by atoms with E-state index in [9.17, 15) is 28.1 Å². The lowest BCUT2D eigenvalue weighted by molar-refractivity contribution is -0.387. The molecule has 0 bridgehead atoms. The molecule has 1 aliphatic heterocycles. The maximum atomic E-state index is 12.1. The quantitative estimate of drug-likeness (QED) is 0.427. The molecule has 1 aromatic rings. The molecule has 0 radical (unpaired) electrons. The Morgan fingerprint density at radius 1 is 1.38 bits per heavy atom. The van der Waals surface area contributed by atoms with Crippen molar-refractivity contribution < 1.29 is 27.7 Å². The highest BCUT2D eigenvalue weighted by Gasteiger charge is 2.26. The minimum absolute atomic E-state index is 0.191. The molecule has 0 unspecified atom stereocenters. The van der Waals surface area contributed by atoms with Crippen LogP contribution in [0.4, 0.5) is 5.69 Å². The third-order valence-electron chi connectivity index (χ3n) is 4.13. The van der Waals surface area contributed by atoms with Gasteiger partial charge in [0, 0.05) is 25.4 Å². The highest BCUT2D eigenvalue weighted by molar-refractivity contribution is 7.90. The van der Waals surface area contributed by atoms with Gasteiger partial charge in [0.25, 0.3) is 11.6 Å². The van der Waals surface area contributed by atoms with Gasteiger partial charge in [0.05, 0.1) is 10.5 Å². The minimum atomic E-state index is -3.82. The number of nitro groups is 1. The maximum absolute atomic E-state index is 12.1. The van der Waals surface area contributed by atoms with Crippen LogP contribution in [0.25, 0.3) is 0 Å². The van der Waals surface area contributed by atoms with Gasteiger partial charge in [-0.2, -0.15) is 0 Å². The predicted octanol–water partition coefficient (Wildman–Crippen LogP) is 1.41. The van der Waals surface area contributed by atoms with Gasteiger partial charge >= 0.3 is 5.97 Å². The number of carbonyl (C=O) groups excluding carboxylic acids is 2. The topological polar surface area (TPSA) is 124 Å². The Labute approximate surface area is 151 Å². The molecule has 1 heterocycles. The molecule has 0 saturated carbocycles. The Bertz CT molecular complexity index is 835. The molecule has 26 heavy (non-hydrogen) atoms. The summed E-state index contributed by atoms with van der Waals surface area (Å²) in [5.41, 5.74) is -0.901. The zero-order valence-electron chi connectivity index (χ0n) is 14.5. The molecule has 1 aromatic carbocycles. The number of likely N-dealkylation sites (tertiary alicyclic amines) is 1. The van der Waals surface area contributed by atoms with E-state index in [1.807, 2.05) is 6.92 Å². The van der Waals surface area contributed by atoms with Crippen molar-refractivity contribution in [2.75, 3.05) is 26.0 Å². The van der Waals surface area contributed by atoms with Gasteiger partial charge in [0.15, 0.2) is 16.4 Å². The fraction of sp³-hybridized carbons (Fsp3) is 0.500. The highest BCUT2D eigenvalue weighted by atomic mass is 32.2. The Kier molecular flexibility index (Phi) is 5.96. The molecule has 0 aliphatic carbocycles. The molecule has 0 spiro atoms. The lowest BCUT2D eigenvalue weighted by Gasteiger charge is -2.30. The molecule has 0 aromatic heterocycles. The second-order valence-electron chi connectivity index (χ2n) is 6.38. The number of piperidine rings is 1. The van der Waals surface area contributed by atoms with Crippen molar-refractivity contribution >= 4 is 27.4 Å². The largest absolute Gasteiger partial charge is 0.452 e. The Hall–Kier alpha value is -2.49. The van der Waals surface area contributed by atoms with E-state index in [0.29, 0.717) is 19.0 Å². The van der Waals surface area contributed by atoms with Crippen LogP contribution in [0, 0.1) is 16.0 Å². The first kappa shape index (κ1) is 19.8. The van der Waals surface area contributed by atoms with Crippen molar-refractivity contribution in [3.8, 4) is 0 Å². The molecule has 1 amide bonds. The van der Waals surface area contributed by atoms with E-state index in [1.165, 1.54) is 0 Å². The molecule has 10 heteroatoms. The van der Waals surface area contributed by atoms with Crippen LogP contribution in [-0.4, -0.2) is 56.1 Å². The summed E-state index contributed by atoms with van der Waals surface area (Å²) in [6.45, 7) is 2.78. The van der Waals surface area contributed by atoms with E-state index in [4.69, 9.17) is 4.74 Å². The smallest absolute Gasteiger partial charge is 0.338 e. The monoisotopic (exact) mass is 384 g/mol. The summed E-state index contributed by atoms with van der Waals surface area (Å²) in [5.74, 6) is -0.867. The van der Waals surface area contributed by atoms with E-state index in [-0.39, 0.29) is 11.5 Å². The van der Waals surface area contributed by atoms with Crippen LogP contribution in [-0.2, 0) is 19.4 Å². The summed E-state index contributed by atoms with van der Waals surface area (Å²) in [6, 6.07) is 2.95. The average molecular weight is 384 g/mol. The van der Waals surface area contributed by atoms with Crippen LogP contribution in [0.5, 0.6) is 0 Å². The standard InChI is InChI=1S/C16H20N2O7S/c1-11-4-3-7-17(9-11)15(19)10-25-16(20)12-5-6-14(26(2,23)24)13(8-12)18(21)22/h5-6,8,11H,3-4,7,9-10H2,1-2H3/t11-/m1/s1. The number of hydrogen-bond acceptors (Lipinski definition) is 7. The first-order valence-corrected chi connectivity index (χ1v) is 9.92. The summed E-state index contributed by atoms with van der Waals surface area (Å²) in [7, 11) is -3.82. The number of benzene rings is 1. The zero-order chi connectivity index (χ0) is 19.5. The number of nitrogens with zero attached hydrogens (tertiary/aromatic N) is 2. The SMILES string of the molecule is C[C@@H]1CCCN(C(=O)COC(=O)c2ccc(S(C)(=O)=O)c([N+](=O)[O-])c2)C1.